The number of rotatable bonds is 5. The first-order valence-corrected chi connectivity index (χ1v) is 19.4. The van der Waals surface area contributed by atoms with Gasteiger partial charge in [0, 0.05) is 70.0 Å². The van der Waals surface area contributed by atoms with Crippen molar-refractivity contribution in [1.29, 1.82) is 0 Å². The number of hydrogen-bond donors (Lipinski definition) is 0. The normalized spacial score (nSPS) is 11.7. The quantitative estimate of drug-likeness (QED) is 0.158. The zero-order valence-corrected chi connectivity index (χ0v) is 33.6. The molecular formula is C53H33IrN4-. The Hall–Kier alpha value is -7.04. The van der Waals surface area contributed by atoms with Crippen molar-refractivity contribution in [2.45, 2.75) is 0 Å². The number of fused-ring (bicyclic) bond motifs is 9. The molecule has 8 aromatic carbocycles. The van der Waals surface area contributed by atoms with Gasteiger partial charge in [0.15, 0.2) is 0 Å². The minimum absolute atomic E-state index is 0. The Morgan fingerprint density at radius 2 is 0.897 bits per heavy atom. The van der Waals surface area contributed by atoms with Crippen LogP contribution in [-0.2, 0) is 20.1 Å². The van der Waals surface area contributed by atoms with E-state index >= 15 is 0 Å². The van der Waals surface area contributed by atoms with Crippen LogP contribution in [0.1, 0.15) is 0 Å². The number of pyridine rings is 1. The van der Waals surface area contributed by atoms with E-state index in [0.717, 1.165) is 44.9 Å². The van der Waals surface area contributed by atoms with E-state index < -0.39 is 0 Å². The molecule has 0 spiro atoms. The standard InChI is InChI=1S/C53H33N4.Ir/c1-3-14-35(15-4-1)36-25-27-50-43(31-36)45-33-46-44-32-40(56-48-23-9-7-20-41(48)42-21-8-10-24-49(42)56)26-28-51(44)55(38-17-5-2-6-18-38)52(46)34-53(45)57(50)39-19-13-16-37(30-39)47-22-11-12-29-54-47;/h1-15,17-34H;/q-1;. The van der Waals surface area contributed by atoms with E-state index in [1.807, 2.05) is 30.5 Å². The minimum Gasteiger partial charge on any atom is -0.327 e. The van der Waals surface area contributed by atoms with Gasteiger partial charge in [-0.05, 0) is 95.3 Å². The summed E-state index contributed by atoms with van der Waals surface area (Å²) in [6.45, 7) is 0. The molecule has 0 aliphatic carbocycles. The molecule has 12 aromatic rings. The maximum absolute atomic E-state index is 4.66. The second kappa shape index (κ2) is 13.6. The Bertz CT molecular complexity index is 3450. The summed E-state index contributed by atoms with van der Waals surface area (Å²) in [4.78, 5) is 4.66. The monoisotopic (exact) mass is 918 g/mol. The van der Waals surface area contributed by atoms with Crippen molar-refractivity contribution in [1.82, 2.24) is 18.7 Å². The average Bonchev–Trinajstić information content (AvgIpc) is 3.91. The molecule has 275 valence electrons. The largest absolute Gasteiger partial charge is 0.327 e. The molecule has 0 unspecified atom stereocenters. The molecule has 0 N–H and O–H groups in total. The molecule has 4 nitrogen and oxygen atoms in total. The van der Waals surface area contributed by atoms with Crippen LogP contribution in [0.5, 0.6) is 0 Å². The number of benzene rings is 8. The predicted octanol–water partition coefficient (Wildman–Crippen LogP) is 13.5. The number of hydrogen-bond acceptors (Lipinski definition) is 1. The summed E-state index contributed by atoms with van der Waals surface area (Å²) in [6, 6.07) is 73.4. The maximum atomic E-state index is 4.66. The first-order chi connectivity index (χ1) is 28.3. The van der Waals surface area contributed by atoms with Crippen LogP contribution in [0.15, 0.2) is 200 Å². The smallest absolute Gasteiger partial charge is 0.0562 e. The van der Waals surface area contributed by atoms with Gasteiger partial charge in [0.05, 0.1) is 33.1 Å². The fraction of sp³-hybridized carbons (Fsp3) is 0. The molecule has 4 aromatic heterocycles. The van der Waals surface area contributed by atoms with E-state index in [0.29, 0.717) is 0 Å². The zero-order chi connectivity index (χ0) is 37.5. The van der Waals surface area contributed by atoms with Crippen molar-refractivity contribution >= 4 is 65.4 Å². The number of para-hydroxylation sites is 3. The summed E-state index contributed by atoms with van der Waals surface area (Å²) in [7, 11) is 0. The van der Waals surface area contributed by atoms with Gasteiger partial charge < -0.3 is 18.7 Å². The summed E-state index contributed by atoms with van der Waals surface area (Å²) < 4.78 is 7.25. The van der Waals surface area contributed by atoms with Gasteiger partial charge in [-0.2, -0.15) is 0 Å². The molecule has 0 saturated carbocycles. The van der Waals surface area contributed by atoms with Crippen molar-refractivity contribution in [2.24, 2.45) is 0 Å². The topological polar surface area (TPSA) is 27.7 Å². The van der Waals surface area contributed by atoms with Gasteiger partial charge in [-0.25, -0.2) is 0 Å². The van der Waals surface area contributed by atoms with Crippen LogP contribution < -0.4 is 0 Å². The summed E-state index contributed by atoms with van der Waals surface area (Å²) in [5.41, 5.74) is 14.6. The van der Waals surface area contributed by atoms with Crippen LogP contribution in [0.3, 0.4) is 0 Å². The Kier molecular flexibility index (Phi) is 8.00. The first-order valence-electron chi connectivity index (χ1n) is 19.4. The van der Waals surface area contributed by atoms with Crippen molar-refractivity contribution in [2.75, 3.05) is 0 Å². The van der Waals surface area contributed by atoms with Crippen molar-refractivity contribution < 1.29 is 20.1 Å². The van der Waals surface area contributed by atoms with Gasteiger partial charge in [-0.15, -0.1) is 29.8 Å². The van der Waals surface area contributed by atoms with E-state index in [1.54, 1.807) is 0 Å². The fourth-order valence-corrected chi connectivity index (χ4v) is 9.07. The second-order valence-corrected chi connectivity index (χ2v) is 14.7. The third-order valence-electron chi connectivity index (χ3n) is 11.6. The number of nitrogens with zero attached hydrogens (tertiary/aromatic N) is 4. The van der Waals surface area contributed by atoms with E-state index in [-0.39, 0.29) is 20.1 Å². The van der Waals surface area contributed by atoms with E-state index in [1.165, 1.54) is 60.0 Å². The molecule has 0 aliphatic heterocycles. The minimum atomic E-state index is 0. The molecule has 0 bridgehead atoms. The fourth-order valence-electron chi connectivity index (χ4n) is 9.07. The molecule has 5 heteroatoms. The third kappa shape index (κ3) is 5.21. The van der Waals surface area contributed by atoms with Crippen LogP contribution in [-0.4, -0.2) is 18.7 Å². The molecule has 0 amide bonds. The summed E-state index contributed by atoms with van der Waals surface area (Å²) >= 11 is 0. The number of aromatic nitrogens is 4. The van der Waals surface area contributed by atoms with Gasteiger partial charge in [0.25, 0.3) is 0 Å². The SMILES string of the molecule is [Ir].[c-]1ccc(-n2c3ccc(-c4ccccc4)cc3c3cc4c5cc(-n6c7ccccc7c7ccccc76)ccc5n(-c5ccccc5)c4cc32)cc1-c1ccccn1. The van der Waals surface area contributed by atoms with Crippen molar-refractivity contribution in [3.63, 3.8) is 0 Å². The van der Waals surface area contributed by atoms with Crippen LogP contribution in [0, 0.1) is 6.07 Å². The van der Waals surface area contributed by atoms with Gasteiger partial charge in [0.1, 0.15) is 0 Å². The van der Waals surface area contributed by atoms with Crippen LogP contribution in [0.25, 0.3) is 105 Å². The molecule has 0 aliphatic rings. The Morgan fingerprint density at radius 3 is 1.60 bits per heavy atom. The van der Waals surface area contributed by atoms with Crippen molar-refractivity contribution in [3.8, 4) is 39.4 Å². The molecular weight excluding hydrogens is 885 g/mol. The van der Waals surface area contributed by atoms with E-state index in [2.05, 4.69) is 195 Å². The van der Waals surface area contributed by atoms with Crippen molar-refractivity contribution in [3.05, 3.63) is 206 Å². The van der Waals surface area contributed by atoms with Crippen LogP contribution >= 0.6 is 0 Å². The zero-order valence-electron chi connectivity index (χ0n) is 31.2. The Morgan fingerprint density at radius 1 is 0.345 bits per heavy atom. The molecule has 58 heavy (non-hydrogen) atoms. The molecule has 1 radical (unpaired) electrons. The Balaban J connectivity index is 0.00000385. The molecule has 0 atom stereocenters. The second-order valence-electron chi connectivity index (χ2n) is 14.7. The van der Waals surface area contributed by atoms with Gasteiger partial charge >= 0.3 is 0 Å². The van der Waals surface area contributed by atoms with Crippen LogP contribution in [0.4, 0.5) is 0 Å². The molecule has 4 heterocycles. The maximum Gasteiger partial charge on any atom is 0.0562 e. The van der Waals surface area contributed by atoms with Gasteiger partial charge in [0.2, 0.25) is 0 Å². The summed E-state index contributed by atoms with van der Waals surface area (Å²) in [5.74, 6) is 0. The van der Waals surface area contributed by atoms with Gasteiger partial charge in [-0.3, -0.25) is 0 Å². The van der Waals surface area contributed by atoms with Crippen LogP contribution in [0.2, 0.25) is 0 Å². The molecule has 12 rings (SSSR count). The third-order valence-corrected chi connectivity index (χ3v) is 11.6. The average molecular weight is 918 g/mol. The molecule has 0 fully saturated rings. The first kappa shape index (κ1) is 34.2. The summed E-state index contributed by atoms with van der Waals surface area (Å²) in [6.07, 6.45) is 1.84. The summed E-state index contributed by atoms with van der Waals surface area (Å²) in [5, 5.41) is 7.35. The van der Waals surface area contributed by atoms with E-state index in [9.17, 15) is 0 Å². The van der Waals surface area contributed by atoms with E-state index in [4.69, 9.17) is 0 Å². The van der Waals surface area contributed by atoms with Gasteiger partial charge in [-0.1, -0.05) is 103 Å². The predicted molar refractivity (Wildman–Crippen MR) is 237 cm³/mol. The molecule has 0 saturated heterocycles. The Labute approximate surface area is 348 Å².